The molecule has 0 fully saturated rings. The molecule has 0 atom stereocenters. The van der Waals surface area contributed by atoms with E-state index in [1.54, 1.807) is 49.8 Å². The van der Waals surface area contributed by atoms with E-state index in [1.807, 2.05) is 6.08 Å². The molecule has 1 amide bonds. The molecule has 0 saturated carbocycles. The van der Waals surface area contributed by atoms with Gasteiger partial charge in [0, 0.05) is 25.8 Å². The highest BCUT2D eigenvalue weighted by molar-refractivity contribution is 5.72. The summed E-state index contributed by atoms with van der Waals surface area (Å²) in [5, 5.41) is 2.87. The van der Waals surface area contributed by atoms with Gasteiger partial charge in [-0.15, -0.1) is 0 Å². The molecule has 36 heavy (non-hydrogen) atoms. The molecule has 12 heteroatoms. The van der Waals surface area contributed by atoms with Gasteiger partial charge in [-0.05, 0) is 51.0 Å². The zero-order valence-corrected chi connectivity index (χ0v) is 20.3. The van der Waals surface area contributed by atoms with Crippen molar-refractivity contribution >= 4 is 23.3 Å². The minimum Gasteiger partial charge on any atom is -0.444 e. The van der Waals surface area contributed by atoms with Gasteiger partial charge in [-0.1, -0.05) is 12.1 Å². The Morgan fingerprint density at radius 3 is 2.47 bits per heavy atom. The summed E-state index contributed by atoms with van der Waals surface area (Å²) in [4.78, 5) is 31.5. The van der Waals surface area contributed by atoms with Crippen LogP contribution in [0.1, 0.15) is 38.6 Å². The fourth-order valence-corrected chi connectivity index (χ4v) is 3.53. The van der Waals surface area contributed by atoms with Crippen LogP contribution in [0.25, 0.3) is 17.1 Å². The lowest BCUT2D eigenvalue weighted by Gasteiger charge is -2.29. The number of amides is 1. The number of hydrogen-bond donors (Lipinski definition) is 1. The molecule has 0 saturated heterocycles. The third-order valence-corrected chi connectivity index (χ3v) is 5.28. The van der Waals surface area contributed by atoms with E-state index in [2.05, 4.69) is 25.3 Å². The van der Waals surface area contributed by atoms with Crippen molar-refractivity contribution < 1.29 is 22.7 Å². The molecule has 0 unspecified atom stereocenters. The number of carbonyl (C=O) groups excluding carboxylic acids is 1. The molecule has 2 aromatic heterocycles. The molecule has 0 aliphatic carbocycles. The number of halogens is 3. The minimum atomic E-state index is -4.48. The lowest BCUT2D eigenvalue weighted by molar-refractivity contribution is -0.137. The summed E-state index contributed by atoms with van der Waals surface area (Å²) in [7, 11) is 1.78. The van der Waals surface area contributed by atoms with Crippen molar-refractivity contribution in [1.82, 2.24) is 29.4 Å². The molecule has 3 heterocycles. The van der Waals surface area contributed by atoms with E-state index in [1.165, 1.54) is 12.1 Å². The normalized spacial score (nSPS) is 14.4. The average Bonchev–Trinajstić information content (AvgIpc) is 3.23. The zero-order valence-electron chi connectivity index (χ0n) is 20.3. The van der Waals surface area contributed by atoms with Crippen molar-refractivity contribution in [2.75, 3.05) is 18.4 Å². The van der Waals surface area contributed by atoms with Gasteiger partial charge >= 0.3 is 12.3 Å². The number of aromatic nitrogens is 5. The van der Waals surface area contributed by atoms with Crippen molar-refractivity contribution in [2.45, 2.75) is 39.0 Å². The summed E-state index contributed by atoms with van der Waals surface area (Å²) >= 11 is 0. The lowest BCUT2D eigenvalue weighted by Crippen LogP contribution is -2.39. The van der Waals surface area contributed by atoms with Crippen LogP contribution in [0.5, 0.6) is 0 Å². The fourth-order valence-electron chi connectivity index (χ4n) is 3.53. The lowest BCUT2D eigenvalue weighted by atomic mass is 10.1. The van der Waals surface area contributed by atoms with Crippen LogP contribution in [0, 0.1) is 0 Å². The fraction of sp³-hybridized carbons (Fsp3) is 0.375. The standard InChI is InChI=1S/C24H26F3N7O2/c1-23(2,3)36-22(35)34-10-8-15(9-11-34)19-30-20(18-13-28-14-33(18)4)32-21(31-19)29-17-7-5-6-16(12-17)24(25,26)27/h5-8,12-14H,9-11H2,1-4H3,(H,29,30,31,32). The first-order valence-electron chi connectivity index (χ1n) is 11.2. The van der Waals surface area contributed by atoms with Crippen LogP contribution in [-0.2, 0) is 18.0 Å². The maximum atomic E-state index is 13.2. The molecule has 190 valence electrons. The van der Waals surface area contributed by atoms with E-state index in [0.29, 0.717) is 36.9 Å². The Morgan fingerprint density at radius 2 is 1.86 bits per heavy atom. The Balaban J connectivity index is 1.65. The molecule has 1 aromatic carbocycles. The van der Waals surface area contributed by atoms with Gasteiger partial charge in [0.05, 0.1) is 18.1 Å². The number of alkyl halides is 3. The van der Waals surface area contributed by atoms with Gasteiger partial charge in [0.1, 0.15) is 11.3 Å². The molecule has 4 rings (SSSR count). The number of ether oxygens (including phenoxy) is 1. The van der Waals surface area contributed by atoms with Crippen LogP contribution >= 0.6 is 0 Å². The van der Waals surface area contributed by atoms with Gasteiger partial charge < -0.3 is 19.5 Å². The Hall–Kier alpha value is -3.96. The zero-order chi connectivity index (χ0) is 26.1. The SMILES string of the molecule is Cn1cncc1-c1nc(Nc2cccc(C(F)(F)F)c2)nc(C2=CCN(C(=O)OC(C)(C)C)CC2)n1. The Bertz CT molecular complexity index is 1300. The molecular weight excluding hydrogens is 475 g/mol. The molecule has 0 spiro atoms. The Kier molecular flexibility index (Phi) is 6.70. The number of rotatable bonds is 4. The summed E-state index contributed by atoms with van der Waals surface area (Å²) in [5.41, 5.74) is 0.194. The first kappa shape index (κ1) is 25.1. The molecule has 0 radical (unpaired) electrons. The largest absolute Gasteiger partial charge is 0.444 e. The molecule has 1 N–H and O–H groups in total. The monoisotopic (exact) mass is 501 g/mol. The number of anilines is 2. The smallest absolute Gasteiger partial charge is 0.416 e. The van der Waals surface area contributed by atoms with Gasteiger partial charge in [-0.3, -0.25) is 0 Å². The minimum absolute atomic E-state index is 0.0889. The van der Waals surface area contributed by atoms with Gasteiger partial charge in [0.15, 0.2) is 11.6 Å². The summed E-state index contributed by atoms with van der Waals surface area (Å²) in [5.74, 6) is 0.760. The number of carbonyl (C=O) groups is 1. The first-order chi connectivity index (χ1) is 16.9. The van der Waals surface area contributed by atoms with Gasteiger partial charge in [-0.2, -0.15) is 23.1 Å². The third kappa shape index (κ3) is 5.99. The second-order valence-corrected chi connectivity index (χ2v) is 9.31. The summed E-state index contributed by atoms with van der Waals surface area (Å²) in [6.07, 6.45) is 0.607. The number of nitrogens with zero attached hydrogens (tertiary/aromatic N) is 6. The summed E-state index contributed by atoms with van der Waals surface area (Å²) in [6.45, 7) is 6.14. The van der Waals surface area contributed by atoms with Gasteiger partial charge in [0.2, 0.25) is 5.95 Å². The highest BCUT2D eigenvalue weighted by atomic mass is 19.4. The highest BCUT2D eigenvalue weighted by Crippen LogP contribution is 2.31. The number of aryl methyl sites for hydroxylation is 1. The van der Waals surface area contributed by atoms with Crippen LogP contribution in [0.2, 0.25) is 0 Å². The molecule has 3 aromatic rings. The maximum absolute atomic E-state index is 13.2. The molecule has 1 aliphatic heterocycles. The molecular formula is C24H26F3N7O2. The molecule has 0 bridgehead atoms. The van der Waals surface area contributed by atoms with E-state index >= 15 is 0 Å². The van der Waals surface area contributed by atoms with E-state index in [4.69, 9.17) is 4.74 Å². The highest BCUT2D eigenvalue weighted by Gasteiger charge is 2.30. The summed E-state index contributed by atoms with van der Waals surface area (Å²) < 4.78 is 46.7. The van der Waals surface area contributed by atoms with Crippen molar-refractivity contribution in [3.8, 4) is 11.5 Å². The molecule has 9 nitrogen and oxygen atoms in total. The summed E-state index contributed by atoms with van der Waals surface area (Å²) in [6, 6.07) is 4.80. The average molecular weight is 502 g/mol. The topological polar surface area (TPSA) is 98.1 Å². The van der Waals surface area contributed by atoms with Crippen LogP contribution in [-0.4, -0.2) is 54.2 Å². The Morgan fingerprint density at radius 1 is 1.11 bits per heavy atom. The van der Waals surface area contributed by atoms with Crippen molar-refractivity contribution in [1.29, 1.82) is 0 Å². The second-order valence-electron chi connectivity index (χ2n) is 9.31. The van der Waals surface area contributed by atoms with E-state index in [0.717, 1.165) is 17.7 Å². The van der Waals surface area contributed by atoms with Gasteiger partial charge in [-0.25, -0.2) is 14.8 Å². The predicted octanol–water partition coefficient (Wildman–Crippen LogP) is 5.06. The number of nitrogens with one attached hydrogen (secondary N) is 1. The number of hydrogen-bond acceptors (Lipinski definition) is 7. The van der Waals surface area contributed by atoms with Crippen molar-refractivity contribution in [2.24, 2.45) is 7.05 Å². The quantitative estimate of drug-likeness (QED) is 0.534. The van der Waals surface area contributed by atoms with Crippen LogP contribution in [0.15, 0.2) is 42.9 Å². The third-order valence-electron chi connectivity index (χ3n) is 5.28. The first-order valence-corrected chi connectivity index (χ1v) is 11.2. The maximum Gasteiger partial charge on any atom is 0.416 e. The van der Waals surface area contributed by atoms with Gasteiger partial charge in [0.25, 0.3) is 0 Å². The van der Waals surface area contributed by atoms with E-state index in [9.17, 15) is 18.0 Å². The second kappa shape index (κ2) is 9.59. The van der Waals surface area contributed by atoms with Crippen LogP contribution in [0.3, 0.4) is 0 Å². The van der Waals surface area contributed by atoms with Crippen LogP contribution in [0.4, 0.5) is 29.6 Å². The number of imidazole rings is 1. The molecule has 1 aliphatic rings. The van der Waals surface area contributed by atoms with Crippen LogP contribution < -0.4 is 5.32 Å². The van der Waals surface area contributed by atoms with E-state index in [-0.39, 0.29) is 11.6 Å². The Labute approximate surface area is 206 Å². The number of benzene rings is 1. The van der Waals surface area contributed by atoms with Crippen molar-refractivity contribution in [3.05, 3.63) is 54.3 Å². The predicted molar refractivity (Wildman–Crippen MR) is 127 cm³/mol. The van der Waals surface area contributed by atoms with E-state index < -0.39 is 23.4 Å². The van der Waals surface area contributed by atoms with Crippen molar-refractivity contribution in [3.63, 3.8) is 0 Å².